The maximum Gasteiger partial charge on any atom is 0.269 e. The first-order valence-electron chi connectivity index (χ1n) is 8.09. The highest BCUT2D eigenvalue weighted by Crippen LogP contribution is 2.23. The molecule has 0 unspecified atom stereocenters. The summed E-state index contributed by atoms with van der Waals surface area (Å²) in [5.74, 6) is -0.00234. The van der Waals surface area contributed by atoms with E-state index in [2.05, 4.69) is 10.4 Å². The van der Waals surface area contributed by atoms with Gasteiger partial charge in [-0.05, 0) is 43.5 Å². The molecule has 1 atom stereocenters. The zero-order valence-electron chi connectivity index (χ0n) is 14.5. The molecular formula is C18H24ClN3O2. The molecule has 1 amide bonds. The molecule has 0 aliphatic carbocycles. The number of aromatic nitrogens is 2. The third-order valence-corrected chi connectivity index (χ3v) is 4.20. The van der Waals surface area contributed by atoms with Crippen molar-refractivity contribution >= 4 is 17.5 Å². The van der Waals surface area contributed by atoms with Crippen LogP contribution in [0.25, 0.3) is 0 Å². The Balaban J connectivity index is 2.12. The summed E-state index contributed by atoms with van der Waals surface area (Å²) < 4.78 is 1.68. The molecule has 2 aromatic rings. The molecule has 1 aromatic carbocycles. The van der Waals surface area contributed by atoms with Crippen molar-refractivity contribution in [3.8, 4) is 0 Å². The SMILES string of the molecule is CCn1nc(C(C)C)cc1C(=O)NC[C@](C)(O)c1cccc(Cl)c1. The van der Waals surface area contributed by atoms with Crippen LogP contribution in [-0.4, -0.2) is 27.3 Å². The Kier molecular flexibility index (Phi) is 5.67. The summed E-state index contributed by atoms with van der Waals surface area (Å²) in [4.78, 5) is 12.5. The maximum absolute atomic E-state index is 12.5. The average Bonchev–Trinajstić information content (AvgIpc) is 2.97. The number of rotatable bonds is 6. The minimum atomic E-state index is -1.21. The largest absolute Gasteiger partial charge is 0.384 e. The molecule has 6 heteroatoms. The molecule has 1 aromatic heterocycles. The van der Waals surface area contributed by atoms with Gasteiger partial charge in [0.25, 0.3) is 5.91 Å². The van der Waals surface area contributed by atoms with Crippen molar-refractivity contribution in [2.24, 2.45) is 0 Å². The van der Waals surface area contributed by atoms with Crippen LogP contribution in [0, 0.1) is 0 Å². The highest BCUT2D eigenvalue weighted by Gasteiger charge is 2.25. The minimum absolute atomic E-state index is 0.0814. The highest BCUT2D eigenvalue weighted by molar-refractivity contribution is 6.30. The molecule has 0 saturated heterocycles. The molecule has 0 aliphatic rings. The third kappa shape index (κ3) is 4.16. The molecule has 2 rings (SSSR count). The second-order valence-corrected chi connectivity index (χ2v) is 6.83. The van der Waals surface area contributed by atoms with E-state index in [4.69, 9.17) is 11.6 Å². The van der Waals surface area contributed by atoms with Gasteiger partial charge in [0.1, 0.15) is 11.3 Å². The van der Waals surface area contributed by atoms with Crippen LogP contribution in [0.4, 0.5) is 0 Å². The molecule has 0 saturated carbocycles. The van der Waals surface area contributed by atoms with Crippen LogP contribution in [0.3, 0.4) is 0 Å². The van der Waals surface area contributed by atoms with E-state index in [-0.39, 0.29) is 18.4 Å². The third-order valence-electron chi connectivity index (χ3n) is 3.96. The summed E-state index contributed by atoms with van der Waals surface area (Å²) in [5.41, 5.74) is 0.826. The fourth-order valence-corrected chi connectivity index (χ4v) is 2.60. The maximum atomic E-state index is 12.5. The number of carbonyl (C=O) groups excluding carboxylic acids is 1. The van der Waals surface area contributed by atoms with E-state index in [9.17, 15) is 9.90 Å². The number of hydrogen-bond acceptors (Lipinski definition) is 3. The van der Waals surface area contributed by atoms with E-state index in [0.29, 0.717) is 22.8 Å². The van der Waals surface area contributed by atoms with Crippen LogP contribution in [-0.2, 0) is 12.1 Å². The van der Waals surface area contributed by atoms with E-state index < -0.39 is 5.60 Å². The molecule has 130 valence electrons. The quantitative estimate of drug-likeness (QED) is 0.840. The second kappa shape index (κ2) is 7.36. The van der Waals surface area contributed by atoms with E-state index in [0.717, 1.165) is 5.69 Å². The van der Waals surface area contributed by atoms with E-state index >= 15 is 0 Å². The lowest BCUT2D eigenvalue weighted by molar-refractivity contribution is 0.0523. The normalized spacial score (nSPS) is 13.8. The van der Waals surface area contributed by atoms with Crippen molar-refractivity contribution in [2.75, 3.05) is 6.54 Å². The Labute approximate surface area is 147 Å². The van der Waals surface area contributed by atoms with Crippen molar-refractivity contribution in [1.82, 2.24) is 15.1 Å². The number of aliphatic hydroxyl groups is 1. The van der Waals surface area contributed by atoms with Gasteiger partial charge in [0.05, 0.1) is 12.2 Å². The van der Waals surface area contributed by atoms with Crippen molar-refractivity contribution in [3.63, 3.8) is 0 Å². The molecule has 2 N–H and O–H groups in total. The summed E-state index contributed by atoms with van der Waals surface area (Å²) in [6.07, 6.45) is 0. The van der Waals surface area contributed by atoms with Gasteiger partial charge in [0.15, 0.2) is 0 Å². The van der Waals surface area contributed by atoms with Gasteiger partial charge in [-0.3, -0.25) is 9.48 Å². The number of carbonyl (C=O) groups is 1. The van der Waals surface area contributed by atoms with Crippen molar-refractivity contribution in [3.05, 3.63) is 52.3 Å². The smallest absolute Gasteiger partial charge is 0.269 e. The number of amides is 1. The Morgan fingerprint density at radius 2 is 2.12 bits per heavy atom. The van der Waals surface area contributed by atoms with Crippen LogP contribution in [0.1, 0.15) is 55.4 Å². The Morgan fingerprint density at radius 3 is 2.71 bits per heavy atom. The van der Waals surface area contributed by atoms with Gasteiger partial charge >= 0.3 is 0 Å². The first-order valence-corrected chi connectivity index (χ1v) is 8.46. The monoisotopic (exact) mass is 349 g/mol. The topological polar surface area (TPSA) is 67.2 Å². The number of benzene rings is 1. The highest BCUT2D eigenvalue weighted by atomic mass is 35.5. The Morgan fingerprint density at radius 1 is 1.42 bits per heavy atom. The van der Waals surface area contributed by atoms with Crippen molar-refractivity contribution < 1.29 is 9.90 Å². The van der Waals surface area contributed by atoms with Crippen molar-refractivity contribution in [1.29, 1.82) is 0 Å². The van der Waals surface area contributed by atoms with Gasteiger partial charge in [-0.1, -0.05) is 37.6 Å². The molecule has 0 aliphatic heterocycles. The van der Waals surface area contributed by atoms with Gasteiger partial charge in [-0.15, -0.1) is 0 Å². The Hall–Kier alpha value is -1.85. The van der Waals surface area contributed by atoms with Gasteiger partial charge in [-0.25, -0.2) is 0 Å². The standard InChI is InChI=1S/C18H24ClN3O2/c1-5-22-16(10-15(21-22)12(2)3)17(23)20-11-18(4,24)13-7-6-8-14(19)9-13/h6-10,12,24H,5,11H2,1-4H3,(H,20,23)/t18-/m0/s1. The molecule has 0 fully saturated rings. The van der Waals surface area contributed by atoms with E-state index in [1.807, 2.05) is 20.8 Å². The summed E-state index contributed by atoms with van der Waals surface area (Å²) >= 11 is 5.97. The Bertz CT molecular complexity index is 723. The second-order valence-electron chi connectivity index (χ2n) is 6.39. The summed E-state index contributed by atoms with van der Waals surface area (Å²) in [6, 6.07) is 8.80. The van der Waals surface area contributed by atoms with Crippen molar-refractivity contribution in [2.45, 2.75) is 45.8 Å². The molecule has 0 radical (unpaired) electrons. The zero-order valence-corrected chi connectivity index (χ0v) is 15.3. The molecular weight excluding hydrogens is 326 g/mol. The van der Waals surface area contributed by atoms with E-state index in [1.165, 1.54) is 0 Å². The van der Waals surface area contributed by atoms with Crippen LogP contribution in [0.2, 0.25) is 5.02 Å². The zero-order chi connectivity index (χ0) is 17.9. The lowest BCUT2D eigenvalue weighted by atomic mass is 9.96. The number of nitrogens with zero attached hydrogens (tertiary/aromatic N) is 2. The van der Waals surface area contributed by atoms with Crippen LogP contribution >= 0.6 is 11.6 Å². The number of hydrogen-bond donors (Lipinski definition) is 2. The summed E-state index contributed by atoms with van der Waals surface area (Å²) in [7, 11) is 0. The summed E-state index contributed by atoms with van der Waals surface area (Å²) in [5, 5.41) is 18.4. The predicted octanol–water partition coefficient (Wildman–Crippen LogP) is 3.32. The lowest BCUT2D eigenvalue weighted by Crippen LogP contribution is -2.39. The van der Waals surface area contributed by atoms with Gasteiger partial charge in [-0.2, -0.15) is 5.10 Å². The van der Waals surface area contributed by atoms with Gasteiger partial charge < -0.3 is 10.4 Å². The van der Waals surface area contributed by atoms with Crippen LogP contribution in [0.5, 0.6) is 0 Å². The average molecular weight is 350 g/mol. The minimum Gasteiger partial charge on any atom is -0.384 e. The van der Waals surface area contributed by atoms with Gasteiger partial charge in [0.2, 0.25) is 0 Å². The first-order chi connectivity index (χ1) is 11.2. The molecule has 0 bridgehead atoms. The van der Waals surface area contributed by atoms with Gasteiger partial charge in [0, 0.05) is 11.6 Å². The predicted molar refractivity (Wildman–Crippen MR) is 95.3 cm³/mol. The van der Waals surface area contributed by atoms with Crippen LogP contribution in [0.15, 0.2) is 30.3 Å². The first kappa shape index (κ1) is 18.5. The number of nitrogens with one attached hydrogen (secondary N) is 1. The fraction of sp³-hybridized carbons (Fsp3) is 0.444. The summed E-state index contributed by atoms with van der Waals surface area (Å²) in [6.45, 7) is 8.35. The van der Waals surface area contributed by atoms with Crippen LogP contribution < -0.4 is 5.32 Å². The lowest BCUT2D eigenvalue weighted by Gasteiger charge is -2.24. The number of aryl methyl sites for hydroxylation is 1. The molecule has 1 heterocycles. The molecule has 24 heavy (non-hydrogen) atoms. The van der Waals surface area contributed by atoms with E-state index in [1.54, 1.807) is 41.9 Å². The molecule has 5 nitrogen and oxygen atoms in total. The number of halogens is 1. The molecule has 0 spiro atoms. The fourth-order valence-electron chi connectivity index (χ4n) is 2.41.